The fourth-order valence-corrected chi connectivity index (χ4v) is 3.92. The van der Waals surface area contributed by atoms with E-state index in [2.05, 4.69) is 32.0 Å². The van der Waals surface area contributed by atoms with Crippen molar-refractivity contribution in [2.45, 2.75) is 39.9 Å². The smallest absolute Gasteiger partial charge is 0.254 e. The van der Waals surface area contributed by atoms with Crippen molar-refractivity contribution in [2.24, 2.45) is 0 Å². The van der Waals surface area contributed by atoms with Gasteiger partial charge in [0.15, 0.2) is 0 Å². The van der Waals surface area contributed by atoms with Gasteiger partial charge in [0.05, 0.1) is 29.0 Å². The zero-order valence-electron chi connectivity index (χ0n) is 16.9. The lowest BCUT2D eigenvalue weighted by atomic mass is 10.00. The Morgan fingerprint density at radius 2 is 1.71 bits per heavy atom. The fourth-order valence-electron chi connectivity index (χ4n) is 3.92. The highest BCUT2D eigenvalue weighted by molar-refractivity contribution is 6.07. The maximum Gasteiger partial charge on any atom is 0.254 e. The van der Waals surface area contributed by atoms with E-state index in [1.54, 1.807) is 0 Å². The molecule has 3 aromatic rings. The zero-order valence-corrected chi connectivity index (χ0v) is 16.9. The third-order valence-electron chi connectivity index (χ3n) is 5.46. The van der Waals surface area contributed by atoms with E-state index in [0.717, 1.165) is 22.2 Å². The third kappa shape index (κ3) is 3.52. The summed E-state index contributed by atoms with van der Waals surface area (Å²) in [5.74, 6) is 0.0469. The van der Waals surface area contributed by atoms with Crippen LogP contribution in [0.25, 0.3) is 22.2 Å². The van der Waals surface area contributed by atoms with Crippen LogP contribution in [0, 0.1) is 13.8 Å². The summed E-state index contributed by atoms with van der Waals surface area (Å²) in [5.41, 5.74) is 5.88. The van der Waals surface area contributed by atoms with Crippen LogP contribution in [0.4, 0.5) is 0 Å². The number of morpholine rings is 1. The number of carbonyl (C=O) groups is 1. The molecule has 2 atom stereocenters. The summed E-state index contributed by atoms with van der Waals surface area (Å²) in [5, 5.41) is 0.895. The van der Waals surface area contributed by atoms with Gasteiger partial charge < -0.3 is 9.64 Å². The Labute approximate surface area is 166 Å². The average Bonchev–Trinajstić information content (AvgIpc) is 2.68. The molecular weight excluding hydrogens is 348 g/mol. The molecule has 1 aliphatic rings. The molecule has 0 aliphatic carbocycles. The van der Waals surface area contributed by atoms with Crippen LogP contribution in [0.1, 0.15) is 35.3 Å². The SMILES string of the molecule is Cc1ccc(-c2cc(C(=O)N3C[C@@H](C)O[C@H](C)C3)c3ccccc3n2)cc1C. The van der Waals surface area contributed by atoms with Crippen LogP contribution < -0.4 is 0 Å². The van der Waals surface area contributed by atoms with Gasteiger partial charge in [-0.25, -0.2) is 4.98 Å². The predicted octanol–water partition coefficient (Wildman–Crippen LogP) is 4.77. The lowest BCUT2D eigenvalue weighted by molar-refractivity contribution is -0.0585. The minimum absolute atomic E-state index is 0.0417. The number of pyridine rings is 1. The van der Waals surface area contributed by atoms with E-state index in [9.17, 15) is 4.79 Å². The number of aryl methyl sites for hydroxylation is 2. The summed E-state index contributed by atoms with van der Waals surface area (Å²) < 4.78 is 5.80. The van der Waals surface area contributed by atoms with Gasteiger partial charge in [0.25, 0.3) is 5.91 Å². The predicted molar refractivity (Wildman–Crippen MR) is 113 cm³/mol. The van der Waals surface area contributed by atoms with Crippen LogP contribution in [0.15, 0.2) is 48.5 Å². The summed E-state index contributed by atoms with van der Waals surface area (Å²) in [7, 11) is 0. The van der Waals surface area contributed by atoms with Crippen molar-refractivity contribution in [1.82, 2.24) is 9.88 Å². The topological polar surface area (TPSA) is 42.4 Å². The number of aromatic nitrogens is 1. The van der Waals surface area contributed by atoms with Crippen LogP contribution >= 0.6 is 0 Å². The van der Waals surface area contributed by atoms with E-state index < -0.39 is 0 Å². The Morgan fingerprint density at radius 3 is 2.43 bits per heavy atom. The normalized spacial score (nSPS) is 19.8. The monoisotopic (exact) mass is 374 g/mol. The van der Waals surface area contributed by atoms with Gasteiger partial charge in [-0.2, -0.15) is 0 Å². The summed E-state index contributed by atoms with van der Waals surface area (Å²) >= 11 is 0. The standard InChI is InChI=1S/C24H26N2O2/c1-15-9-10-19(11-16(15)2)23-12-21(20-7-5-6-8-22(20)25-23)24(27)26-13-17(3)28-18(4)14-26/h5-12,17-18H,13-14H2,1-4H3/t17-,18-/m1/s1. The van der Waals surface area contributed by atoms with Crippen LogP contribution in [0.3, 0.4) is 0 Å². The average molecular weight is 374 g/mol. The highest BCUT2D eigenvalue weighted by Gasteiger charge is 2.28. The van der Waals surface area contributed by atoms with E-state index in [1.807, 2.05) is 49.1 Å². The van der Waals surface area contributed by atoms with E-state index in [4.69, 9.17) is 9.72 Å². The van der Waals surface area contributed by atoms with Crippen molar-refractivity contribution < 1.29 is 9.53 Å². The number of carbonyl (C=O) groups excluding carboxylic acids is 1. The van der Waals surface area contributed by atoms with Crippen molar-refractivity contribution in [3.8, 4) is 11.3 Å². The first-order chi connectivity index (χ1) is 13.4. The molecule has 2 aromatic carbocycles. The highest BCUT2D eigenvalue weighted by atomic mass is 16.5. The number of fused-ring (bicyclic) bond motifs is 1. The molecule has 1 amide bonds. The minimum atomic E-state index is 0.0417. The molecule has 0 unspecified atom stereocenters. The number of hydrogen-bond donors (Lipinski definition) is 0. The van der Waals surface area contributed by atoms with Crippen molar-refractivity contribution >= 4 is 16.8 Å². The molecule has 1 saturated heterocycles. The molecule has 0 N–H and O–H groups in total. The highest BCUT2D eigenvalue weighted by Crippen LogP contribution is 2.28. The Bertz CT molecular complexity index is 1030. The van der Waals surface area contributed by atoms with Gasteiger partial charge in [-0.1, -0.05) is 30.3 Å². The maximum atomic E-state index is 13.5. The molecule has 1 aliphatic heterocycles. The molecule has 28 heavy (non-hydrogen) atoms. The van der Waals surface area contributed by atoms with Gasteiger partial charge in [0, 0.05) is 24.0 Å². The number of rotatable bonds is 2. The molecule has 2 heterocycles. The number of nitrogens with zero attached hydrogens (tertiary/aromatic N) is 2. The molecule has 1 aromatic heterocycles. The van der Waals surface area contributed by atoms with E-state index in [0.29, 0.717) is 18.7 Å². The van der Waals surface area contributed by atoms with E-state index in [-0.39, 0.29) is 18.1 Å². The molecular formula is C24H26N2O2. The molecule has 144 valence electrons. The van der Waals surface area contributed by atoms with E-state index in [1.165, 1.54) is 11.1 Å². The van der Waals surface area contributed by atoms with Gasteiger partial charge in [-0.15, -0.1) is 0 Å². The van der Waals surface area contributed by atoms with Crippen molar-refractivity contribution in [3.63, 3.8) is 0 Å². The number of ether oxygens (including phenoxy) is 1. The summed E-state index contributed by atoms with van der Waals surface area (Å²) in [4.78, 5) is 20.2. The summed E-state index contributed by atoms with van der Waals surface area (Å²) in [6, 6.07) is 16.1. The van der Waals surface area contributed by atoms with Gasteiger partial charge in [0.2, 0.25) is 0 Å². The van der Waals surface area contributed by atoms with Crippen molar-refractivity contribution in [3.05, 3.63) is 65.2 Å². The fraction of sp³-hybridized carbons (Fsp3) is 0.333. The lowest BCUT2D eigenvalue weighted by Gasteiger charge is -2.35. The molecule has 0 spiro atoms. The molecule has 4 heteroatoms. The zero-order chi connectivity index (χ0) is 19.8. The lowest BCUT2D eigenvalue weighted by Crippen LogP contribution is -2.48. The molecule has 4 nitrogen and oxygen atoms in total. The van der Waals surface area contributed by atoms with Gasteiger partial charge in [-0.05, 0) is 57.0 Å². The first-order valence-electron chi connectivity index (χ1n) is 9.84. The van der Waals surface area contributed by atoms with Gasteiger partial charge in [-0.3, -0.25) is 4.79 Å². The van der Waals surface area contributed by atoms with E-state index >= 15 is 0 Å². The summed E-state index contributed by atoms with van der Waals surface area (Å²) in [6.07, 6.45) is 0.0834. The molecule has 0 bridgehead atoms. The second kappa shape index (κ2) is 7.36. The summed E-state index contributed by atoms with van der Waals surface area (Å²) in [6.45, 7) is 9.45. The van der Waals surface area contributed by atoms with Crippen LogP contribution in [-0.2, 0) is 4.74 Å². The molecule has 4 rings (SSSR count). The van der Waals surface area contributed by atoms with Gasteiger partial charge >= 0.3 is 0 Å². The Morgan fingerprint density at radius 1 is 1.00 bits per heavy atom. The van der Waals surface area contributed by atoms with Crippen molar-refractivity contribution in [2.75, 3.05) is 13.1 Å². The first kappa shape index (κ1) is 18.6. The Balaban J connectivity index is 1.82. The van der Waals surface area contributed by atoms with Gasteiger partial charge in [0.1, 0.15) is 0 Å². The Kier molecular flexibility index (Phi) is 4.90. The maximum absolute atomic E-state index is 13.5. The van der Waals surface area contributed by atoms with Crippen molar-refractivity contribution in [1.29, 1.82) is 0 Å². The van der Waals surface area contributed by atoms with Crippen LogP contribution in [0.2, 0.25) is 0 Å². The van der Waals surface area contributed by atoms with Crippen LogP contribution in [0.5, 0.6) is 0 Å². The quantitative estimate of drug-likeness (QED) is 0.649. The number of amides is 1. The molecule has 0 radical (unpaired) electrons. The minimum Gasteiger partial charge on any atom is -0.372 e. The largest absolute Gasteiger partial charge is 0.372 e. The third-order valence-corrected chi connectivity index (χ3v) is 5.46. The molecule has 1 fully saturated rings. The number of benzene rings is 2. The second-order valence-electron chi connectivity index (χ2n) is 7.84. The Hall–Kier alpha value is -2.72. The first-order valence-corrected chi connectivity index (χ1v) is 9.84. The molecule has 0 saturated carbocycles. The van der Waals surface area contributed by atoms with Crippen LogP contribution in [-0.4, -0.2) is 41.1 Å². The number of hydrogen-bond acceptors (Lipinski definition) is 3. The number of para-hydroxylation sites is 1. The second-order valence-corrected chi connectivity index (χ2v) is 7.84.